The summed E-state index contributed by atoms with van der Waals surface area (Å²) in [6.07, 6.45) is 4.11. The molecule has 0 amide bonds. The number of hydrogen-bond donors (Lipinski definition) is 1. The molecule has 1 aromatic carbocycles. The Hall–Kier alpha value is -1.07. The average Bonchev–Trinajstić information content (AvgIpc) is 2.69. The monoisotopic (exact) mass is 240 g/mol. The molecule has 1 fully saturated rings. The summed E-state index contributed by atoms with van der Waals surface area (Å²) in [6.45, 7) is 0. The second-order valence-electron chi connectivity index (χ2n) is 4.21. The van der Waals surface area contributed by atoms with Crippen molar-refractivity contribution in [1.82, 2.24) is 5.73 Å². The van der Waals surface area contributed by atoms with Crippen LogP contribution in [0.3, 0.4) is 0 Å². The summed E-state index contributed by atoms with van der Waals surface area (Å²) in [6, 6.07) is 4.45. The Morgan fingerprint density at radius 3 is 2.44 bits per heavy atom. The zero-order valence-corrected chi connectivity index (χ0v) is 9.63. The van der Waals surface area contributed by atoms with Crippen molar-refractivity contribution in [3.63, 3.8) is 0 Å². The van der Waals surface area contributed by atoms with Crippen LogP contribution in [-0.4, -0.2) is 13.0 Å². The molecule has 1 aliphatic carbocycles. The van der Waals surface area contributed by atoms with Crippen molar-refractivity contribution in [3.8, 4) is 0 Å². The largest absolute Gasteiger partial charge is 0.301 e. The standard InChI is InChI=1S/C11H14NO3S/c12-9-5-6-10(8-3-1-2-4-8)11(7-9)16(13,14)15/h5-8,12H,1-4H2,(H,13,14,15). The lowest BCUT2D eigenvalue weighted by molar-refractivity contribution is 0.480. The topological polar surface area (TPSA) is 78.2 Å². The van der Waals surface area contributed by atoms with Crippen molar-refractivity contribution < 1.29 is 13.0 Å². The molecule has 5 heteroatoms. The van der Waals surface area contributed by atoms with Crippen molar-refractivity contribution in [2.75, 3.05) is 0 Å². The van der Waals surface area contributed by atoms with Crippen LogP contribution < -0.4 is 5.73 Å². The first-order chi connectivity index (χ1) is 7.48. The smallest absolute Gasteiger partial charge is 0.294 e. The van der Waals surface area contributed by atoms with Gasteiger partial charge in [-0.1, -0.05) is 18.9 Å². The van der Waals surface area contributed by atoms with Gasteiger partial charge in [0.15, 0.2) is 0 Å². The molecule has 0 heterocycles. The van der Waals surface area contributed by atoms with Crippen LogP contribution in [0.2, 0.25) is 0 Å². The molecular formula is C11H14NO3S. The van der Waals surface area contributed by atoms with E-state index in [0.717, 1.165) is 25.7 Å². The van der Waals surface area contributed by atoms with E-state index in [2.05, 4.69) is 0 Å². The van der Waals surface area contributed by atoms with E-state index in [-0.39, 0.29) is 16.5 Å². The van der Waals surface area contributed by atoms with Gasteiger partial charge in [-0.15, -0.1) is 0 Å². The maximum Gasteiger partial charge on any atom is 0.294 e. The average molecular weight is 240 g/mol. The highest BCUT2D eigenvalue weighted by Crippen LogP contribution is 2.37. The zero-order chi connectivity index (χ0) is 11.8. The molecule has 0 atom stereocenters. The first-order valence-corrected chi connectivity index (χ1v) is 6.75. The summed E-state index contributed by atoms with van der Waals surface area (Å²) in [7, 11) is -4.21. The summed E-state index contributed by atoms with van der Waals surface area (Å²) >= 11 is 0. The zero-order valence-electron chi connectivity index (χ0n) is 8.81. The van der Waals surface area contributed by atoms with Crippen molar-refractivity contribution >= 4 is 15.8 Å². The SMILES string of the molecule is [NH]c1ccc(C2CCCC2)c(S(=O)(=O)O)c1. The third-order valence-corrected chi connectivity index (χ3v) is 4.00. The van der Waals surface area contributed by atoms with Gasteiger partial charge in [0.1, 0.15) is 0 Å². The van der Waals surface area contributed by atoms with E-state index in [0.29, 0.717) is 5.56 Å². The molecule has 0 saturated heterocycles. The van der Waals surface area contributed by atoms with Gasteiger partial charge >= 0.3 is 0 Å². The first kappa shape index (κ1) is 11.4. The maximum atomic E-state index is 11.2. The van der Waals surface area contributed by atoms with Crippen LogP contribution in [0.1, 0.15) is 37.2 Å². The quantitative estimate of drug-likeness (QED) is 0.807. The Bertz CT molecular complexity index is 490. The normalized spacial score (nSPS) is 17.8. The Balaban J connectivity index is 2.52. The van der Waals surface area contributed by atoms with Gasteiger partial charge in [0.2, 0.25) is 0 Å². The molecule has 0 aliphatic heterocycles. The summed E-state index contributed by atoms with van der Waals surface area (Å²) in [4.78, 5) is -0.0908. The van der Waals surface area contributed by atoms with Gasteiger partial charge in [-0.25, -0.2) is 0 Å². The molecule has 4 nitrogen and oxygen atoms in total. The van der Waals surface area contributed by atoms with E-state index in [4.69, 9.17) is 10.3 Å². The molecule has 2 rings (SSSR count). The molecule has 16 heavy (non-hydrogen) atoms. The molecule has 1 radical (unpaired) electrons. The first-order valence-electron chi connectivity index (χ1n) is 5.31. The minimum atomic E-state index is -4.21. The molecular weight excluding hydrogens is 226 g/mol. The van der Waals surface area contributed by atoms with Crippen molar-refractivity contribution in [2.45, 2.75) is 36.5 Å². The molecule has 0 bridgehead atoms. The second kappa shape index (κ2) is 4.07. The Morgan fingerprint density at radius 1 is 1.25 bits per heavy atom. The minimum Gasteiger partial charge on any atom is -0.301 e. The minimum absolute atomic E-state index is 0.0908. The van der Waals surface area contributed by atoms with Crippen molar-refractivity contribution in [2.24, 2.45) is 0 Å². The lowest BCUT2D eigenvalue weighted by Gasteiger charge is -2.13. The van der Waals surface area contributed by atoms with Gasteiger partial charge in [0, 0.05) is 0 Å². The van der Waals surface area contributed by atoms with Crippen LogP contribution in [0.5, 0.6) is 0 Å². The Morgan fingerprint density at radius 2 is 1.88 bits per heavy atom. The second-order valence-corrected chi connectivity index (χ2v) is 5.60. The number of hydrogen-bond acceptors (Lipinski definition) is 2. The summed E-state index contributed by atoms with van der Waals surface area (Å²) in [5.41, 5.74) is 8.18. The van der Waals surface area contributed by atoms with Crippen molar-refractivity contribution in [3.05, 3.63) is 23.8 Å². The Labute approximate surface area is 95.2 Å². The van der Waals surface area contributed by atoms with E-state index in [1.807, 2.05) is 0 Å². The van der Waals surface area contributed by atoms with Crippen molar-refractivity contribution in [1.29, 1.82) is 0 Å². The lowest BCUT2D eigenvalue weighted by atomic mass is 9.97. The molecule has 1 saturated carbocycles. The molecule has 0 spiro atoms. The highest BCUT2D eigenvalue weighted by molar-refractivity contribution is 7.85. The van der Waals surface area contributed by atoms with E-state index in [9.17, 15) is 8.42 Å². The van der Waals surface area contributed by atoms with E-state index in [1.54, 1.807) is 12.1 Å². The number of rotatable bonds is 2. The molecule has 0 unspecified atom stereocenters. The third kappa shape index (κ3) is 2.20. The third-order valence-electron chi connectivity index (χ3n) is 3.09. The van der Waals surface area contributed by atoms with Gasteiger partial charge < -0.3 is 5.73 Å². The number of benzene rings is 1. The van der Waals surface area contributed by atoms with Gasteiger partial charge in [-0.2, -0.15) is 8.42 Å². The van der Waals surface area contributed by atoms with E-state index >= 15 is 0 Å². The summed E-state index contributed by atoms with van der Waals surface area (Å²) < 4.78 is 31.6. The van der Waals surface area contributed by atoms with Crippen LogP contribution in [0, 0.1) is 0 Å². The molecule has 1 aromatic rings. The fourth-order valence-electron chi connectivity index (χ4n) is 2.33. The number of nitrogens with one attached hydrogen (secondary N) is 1. The van der Waals surface area contributed by atoms with E-state index in [1.165, 1.54) is 6.07 Å². The van der Waals surface area contributed by atoms with Crippen LogP contribution >= 0.6 is 0 Å². The maximum absolute atomic E-state index is 11.2. The van der Waals surface area contributed by atoms with Gasteiger partial charge in [0.05, 0.1) is 10.6 Å². The highest BCUT2D eigenvalue weighted by atomic mass is 32.2. The van der Waals surface area contributed by atoms with Gasteiger partial charge in [-0.05, 0) is 36.5 Å². The van der Waals surface area contributed by atoms with Crippen LogP contribution in [0.4, 0.5) is 5.69 Å². The fourth-order valence-corrected chi connectivity index (χ4v) is 3.14. The van der Waals surface area contributed by atoms with Gasteiger partial charge in [-0.3, -0.25) is 4.55 Å². The Kier molecular flexibility index (Phi) is 2.90. The summed E-state index contributed by atoms with van der Waals surface area (Å²) in [5.74, 6) is 0.206. The highest BCUT2D eigenvalue weighted by Gasteiger charge is 2.24. The van der Waals surface area contributed by atoms with Crippen LogP contribution in [0.25, 0.3) is 0 Å². The molecule has 0 aromatic heterocycles. The van der Waals surface area contributed by atoms with Crippen LogP contribution in [0.15, 0.2) is 23.1 Å². The van der Waals surface area contributed by atoms with Gasteiger partial charge in [0.25, 0.3) is 10.1 Å². The summed E-state index contributed by atoms with van der Waals surface area (Å²) in [5, 5.41) is 0. The predicted molar refractivity (Wildman–Crippen MR) is 60.2 cm³/mol. The van der Waals surface area contributed by atoms with Crippen LogP contribution in [-0.2, 0) is 10.1 Å². The lowest BCUT2D eigenvalue weighted by Crippen LogP contribution is -2.05. The van der Waals surface area contributed by atoms with E-state index < -0.39 is 10.1 Å². The fraction of sp³-hybridized carbons (Fsp3) is 0.455. The predicted octanol–water partition coefficient (Wildman–Crippen LogP) is 2.51. The molecule has 1 aliphatic rings. The molecule has 2 N–H and O–H groups in total. The molecule has 87 valence electrons.